The predicted octanol–water partition coefficient (Wildman–Crippen LogP) is 3.11. The first-order chi connectivity index (χ1) is 18.7. The van der Waals surface area contributed by atoms with Crippen molar-refractivity contribution in [1.29, 1.82) is 0 Å². The van der Waals surface area contributed by atoms with Gasteiger partial charge in [0.25, 0.3) is 0 Å². The van der Waals surface area contributed by atoms with Gasteiger partial charge >= 0.3 is 0 Å². The third-order valence-electron chi connectivity index (χ3n) is 7.50. The van der Waals surface area contributed by atoms with Crippen LogP contribution >= 0.6 is 11.6 Å². The molecule has 1 heterocycles. The van der Waals surface area contributed by atoms with E-state index in [2.05, 4.69) is 16.0 Å². The number of para-hydroxylation sites is 1. The highest BCUT2D eigenvalue weighted by molar-refractivity contribution is 6.30. The molecule has 3 N–H and O–H groups in total. The first-order valence-electron chi connectivity index (χ1n) is 13.8. The summed E-state index contributed by atoms with van der Waals surface area (Å²) in [5.41, 5.74) is 1.94. The highest BCUT2D eigenvalue weighted by Crippen LogP contribution is 2.33. The summed E-state index contributed by atoms with van der Waals surface area (Å²) in [7, 11) is 1.65. The normalized spacial score (nSPS) is 25.9. The van der Waals surface area contributed by atoms with Gasteiger partial charge in [-0.1, -0.05) is 41.9 Å². The summed E-state index contributed by atoms with van der Waals surface area (Å²) in [5, 5.41) is 9.89. The number of carbonyl (C=O) groups excluding carboxylic acids is 3. The minimum Gasteiger partial charge on any atom is -0.489 e. The Morgan fingerprint density at radius 2 is 1.72 bits per heavy atom. The van der Waals surface area contributed by atoms with E-state index in [1.165, 1.54) is 4.90 Å². The molecule has 2 aromatic carbocycles. The van der Waals surface area contributed by atoms with Crippen LogP contribution in [0.4, 0.5) is 0 Å². The van der Waals surface area contributed by atoms with Crippen molar-refractivity contribution in [2.24, 2.45) is 5.92 Å². The lowest BCUT2D eigenvalue weighted by Crippen LogP contribution is -2.57. The van der Waals surface area contributed by atoms with E-state index in [0.717, 1.165) is 42.6 Å². The van der Waals surface area contributed by atoms with E-state index in [1.807, 2.05) is 43.3 Å². The van der Waals surface area contributed by atoms with Crippen LogP contribution in [0.5, 0.6) is 5.75 Å². The smallest absolute Gasteiger partial charge is 0.243 e. The Balaban J connectivity index is 1.56. The van der Waals surface area contributed by atoms with Gasteiger partial charge in [-0.15, -0.1) is 0 Å². The summed E-state index contributed by atoms with van der Waals surface area (Å²) in [4.78, 5) is 41.5. The number of hydrogen-bond donors (Lipinski definition) is 3. The number of likely N-dealkylation sites (N-methyl/N-ethyl adjacent to an activating group) is 1. The number of nitrogens with one attached hydrogen (secondary N) is 3. The molecule has 1 unspecified atom stereocenters. The fourth-order valence-electron chi connectivity index (χ4n) is 4.82. The van der Waals surface area contributed by atoms with Gasteiger partial charge in [-0.2, -0.15) is 0 Å². The zero-order chi connectivity index (χ0) is 27.9. The van der Waals surface area contributed by atoms with Crippen LogP contribution in [-0.4, -0.2) is 67.0 Å². The van der Waals surface area contributed by atoms with Crippen molar-refractivity contribution in [2.45, 2.75) is 70.2 Å². The standard InChI is InChI=1S/C30H39ClN4O4/c1-19-18-33-27(23-12-13-23)30(38)35(3)20(2)28(36)34-25(17-21-10-14-24(31)15-11-21)29(37)32-16-6-8-22-7-4-5-9-26(22)39-19/h4-5,7,9-11,14-15,19-20,23,25,27,33H,6,8,12-13,16-18H2,1-3H3,(H,32,37)(H,34,36)/t19-,20-,25?,27+/m1/s1. The van der Waals surface area contributed by atoms with Crippen molar-refractivity contribution in [3.63, 3.8) is 0 Å². The molecule has 39 heavy (non-hydrogen) atoms. The number of carbonyl (C=O) groups is 3. The zero-order valence-corrected chi connectivity index (χ0v) is 23.7. The van der Waals surface area contributed by atoms with Gasteiger partial charge in [-0.25, -0.2) is 0 Å². The number of aryl methyl sites for hydroxylation is 1. The van der Waals surface area contributed by atoms with E-state index in [-0.39, 0.29) is 29.7 Å². The van der Waals surface area contributed by atoms with Crippen LogP contribution in [0.15, 0.2) is 48.5 Å². The third kappa shape index (κ3) is 7.96. The Hall–Kier alpha value is -3.10. The fourth-order valence-corrected chi connectivity index (χ4v) is 4.95. The molecule has 0 spiro atoms. The molecule has 3 amide bonds. The SMILES string of the molecule is C[C@@H]1CN[C@@H](C2CC2)C(=O)N(C)[C@H](C)C(=O)NC(Cc2ccc(Cl)cc2)C(=O)NCCCc2ccccc2O1. The second-order valence-corrected chi connectivity index (χ2v) is 11.1. The largest absolute Gasteiger partial charge is 0.489 e. The summed E-state index contributed by atoms with van der Waals surface area (Å²) < 4.78 is 6.25. The van der Waals surface area contributed by atoms with Gasteiger partial charge in [-0.3, -0.25) is 14.4 Å². The minimum atomic E-state index is -0.794. The maximum absolute atomic E-state index is 13.5. The molecule has 2 aliphatic rings. The Kier molecular flexibility index (Phi) is 9.86. The van der Waals surface area contributed by atoms with Crippen LogP contribution in [0.2, 0.25) is 5.02 Å². The highest BCUT2D eigenvalue weighted by atomic mass is 35.5. The first kappa shape index (κ1) is 28.9. The van der Waals surface area contributed by atoms with Crippen molar-refractivity contribution in [2.75, 3.05) is 20.1 Å². The number of benzene rings is 2. The monoisotopic (exact) mass is 554 g/mol. The topological polar surface area (TPSA) is 99.8 Å². The molecule has 0 aromatic heterocycles. The van der Waals surface area contributed by atoms with Crippen molar-refractivity contribution < 1.29 is 19.1 Å². The van der Waals surface area contributed by atoms with Gasteiger partial charge in [0.15, 0.2) is 0 Å². The van der Waals surface area contributed by atoms with E-state index >= 15 is 0 Å². The molecule has 1 aliphatic carbocycles. The lowest BCUT2D eigenvalue weighted by Gasteiger charge is -2.31. The van der Waals surface area contributed by atoms with Crippen molar-refractivity contribution in [3.8, 4) is 5.75 Å². The average molecular weight is 555 g/mol. The third-order valence-corrected chi connectivity index (χ3v) is 7.75. The first-order valence-corrected chi connectivity index (χ1v) is 14.2. The van der Waals surface area contributed by atoms with Crippen molar-refractivity contribution in [3.05, 3.63) is 64.7 Å². The molecule has 8 nitrogen and oxygen atoms in total. The molecule has 1 aliphatic heterocycles. The maximum Gasteiger partial charge on any atom is 0.243 e. The molecule has 0 saturated heterocycles. The Labute approximate surface area is 235 Å². The Morgan fingerprint density at radius 1 is 1.00 bits per heavy atom. The quantitative estimate of drug-likeness (QED) is 0.541. The molecule has 9 heteroatoms. The number of nitrogens with zero attached hydrogens (tertiary/aromatic N) is 1. The van der Waals surface area contributed by atoms with Gasteiger partial charge in [-0.05, 0) is 74.8 Å². The fraction of sp³-hybridized carbons (Fsp3) is 0.500. The van der Waals surface area contributed by atoms with Crippen LogP contribution in [0, 0.1) is 5.92 Å². The number of amides is 3. The van der Waals surface area contributed by atoms with Gasteiger partial charge in [0, 0.05) is 31.6 Å². The minimum absolute atomic E-state index is 0.132. The van der Waals surface area contributed by atoms with E-state index in [1.54, 1.807) is 26.1 Å². The van der Waals surface area contributed by atoms with E-state index in [4.69, 9.17) is 16.3 Å². The molecule has 1 saturated carbocycles. The summed E-state index contributed by atoms with van der Waals surface area (Å²) in [6, 6.07) is 13.2. The highest BCUT2D eigenvalue weighted by Gasteiger charge is 2.39. The van der Waals surface area contributed by atoms with Gasteiger partial charge in [0.05, 0.1) is 6.04 Å². The molecule has 0 radical (unpaired) electrons. The molecular weight excluding hydrogens is 516 g/mol. The van der Waals surface area contributed by atoms with Crippen LogP contribution in [-0.2, 0) is 27.2 Å². The summed E-state index contributed by atoms with van der Waals surface area (Å²) in [5.74, 6) is 0.279. The second-order valence-electron chi connectivity index (χ2n) is 10.7. The van der Waals surface area contributed by atoms with Crippen molar-refractivity contribution in [1.82, 2.24) is 20.9 Å². The van der Waals surface area contributed by atoms with Crippen LogP contribution in [0.1, 0.15) is 44.2 Å². The van der Waals surface area contributed by atoms with Gasteiger partial charge in [0.2, 0.25) is 17.7 Å². The van der Waals surface area contributed by atoms with E-state index in [9.17, 15) is 14.4 Å². The average Bonchev–Trinajstić information content (AvgIpc) is 3.76. The number of rotatable bonds is 3. The van der Waals surface area contributed by atoms with Crippen LogP contribution < -0.4 is 20.7 Å². The maximum atomic E-state index is 13.5. The molecule has 2 aromatic rings. The van der Waals surface area contributed by atoms with Gasteiger partial charge < -0.3 is 25.6 Å². The summed E-state index contributed by atoms with van der Waals surface area (Å²) in [6.07, 6.45) is 3.55. The lowest BCUT2D eigenvalue weighted by atomic mass is 10.0. The molecule has 4 atom stereocenters. The van der Waals surface area contributed by atoms with Gasteiger partial charge in [0.1, 0.15) is 23.9 Å². The Bertz CT molecular complexity index is 1150. The van der Waals surface area contributed by atoms with Crippen LogP contribution in [0.3, 0.4) is 0 Å². The number of ether oxygens (including phenoxy) is 1. The second kappa shape index (κ2) is 13.3. The lowest BCUT2D eigenvalue weighted by molar-refractivity contribution is -0.141. The molecule has 4 rings (SSSR count). The molecule has 210 valence electrons. The van der Waals surface area contributed by atoms with E-state index < -0.39 is 18.1 Å². The van der Waals surface area contributed by atoms with Crippen molar-refractivity contribution >= 4 is 29.3 Å². The predicted molar refractivity (Wildman–Crippen MR) is 152 cm³/mol. The number of fused-ring (bicyclic) bond motifs is 1. The van der Waals surface area contributed by atoms with Crippen LogP contribution in [0.25, 0.3) is 0 Å². The Morgan fingerprint density at radius 3 is 2.44 bits per heavy atom. The summed E-state index contributed by atoms with van der Waals surface area (Å²) in [6.45, 7) is 4.63. The molecular formula is C30H39ClN4O4. The summed E-state index contributed by atoms with van der Waals surface area (Å²) >= 11 is 6.03. The van der Waals surface area contributed by atoms with E-state index in [0.29, 0.717) is 24.5 Å². The zero-order valence-electron chi connectivity index (χ0n) is 22.9. The molecule has 0 bridgehead atoms. The molecule has 1 fully saturated rings. The number of halogens is 1. The number of hydrogen-bond acceptors (Lipinski definition) is 5.